The molecule has 0 aliphatic carbocycles. The molecule has 0 saturated carbocycles. The highest BCUT2D eigenvalue weighted by Gasteiger charge is 2.44. The number of pyridine rings is 1. The molecular weight excluding hydrogens is 434 g/mol. The predicted molar refractivity (Wildman–Crippen MR) is 128 cm³/mol. The molecule has 8 nitrogen and oxygen atoms in total. The van der Waals surface area contributed by atoms with Crippen molar-refractivity contribution in [3.8, 4) is 5.75 Å². The second-order valence-corrected chi connectivity index (χ2v) is 8.14. The van der Waals surface area contributed by atoms with E-state index in [2.05, 4.69) is 23.7 Å². The van der Waals surface area contributed by atoms with Gasteiger partial charge in [-0.1, -0.05) is 26.0 Å². The van der Waals surface area contributed by atoms with Gasteiger partial charge >= 0.3 is 0 Å². The minimum atomic E-state index is -0.727. The third-order valence-electron chi connectivity index (χ3n) is 6.29. The molecule has 0 spiro atoms. The summed E-state index contributed by atoms with van der Waals surface area (Å²) in [6, 6.07) is 9.75. The number of amides is 1. The molecule has 8 heteroatoms. The maximum atomic E-state index is 13.6. The van der Waals surface area contributed by atoms with Crippen LogP contribution in [0.2, 0.25) is 0 Å². The summed E-state index contributed by atoms with van der Waals surface area (Å²) < 4.78 is 11.2. The van der Waals surface area contributed by atoms with Crippen LogP contribution in [0.4, 0.5) is 0 Å². The average Bonchev–Trinajstić information content (AvgIpc) is 3.41. The van der Waals surface area contributed by atoms with Gasteiger partial charge in [0.05, 0.1) is 18.7 Å². The average molecular weight is 464 g/mol. The maximum Gasteiger partial charge on any atom is 0.290 e. The molecule has 3 heterocycles. The molecule has 3 aromatic rings. The molecule has 1 N–H and O–H groups in total. The second-order valence-electron chi connectivity index (χ2n) is 8.14. The van der Waals surface area contributed by atoms with Crippen LogP contribution in [0.15, 0.2) is 64.5 Å². The number of aliphatic hydroxyl groups is 1. The Hall–Kier alpha value is -3.65. The number of furan rings is 1. The van der Waals surface area contributed by atoms with Crippen molar-refractivity contribution >= 4 is 22.7 Å². The number of aliphatic hydroxyl groups excluding tert-OH is 1. The van der Waals surface area contributed by atoms with Crippen LogP contribution < -0.4 is 4.74 Å². The van der Waals surface area contributed by atoms with Gasteiger partial charge in [-0.05, 0) is 55.9 Å². The molecule has 1 atom stereocenters. The lowest BCUT2D eigenvalue weighted by Crippen LogP contribution is -2.34. The number of fused-ring (bicyclic) bond motifs is 1. The number of aromatic nitrogens is 1. The van der Waals surface area contributed by atoms with Crippen LogP contribution in [-0.4, -0.2) is 64.9 Å². The lowest BCUT2D eigenvalue weighted by atomic mass is 9.95. The number of Topliss-reactive ketones (excluding diaryl/α,β-unsaturated/α-hetero) is 1. The zero-order chi connectivity index (χ0) is 24.2. The van der Waals surface area contributed by atoms with Crippen LogP contribution in [0.1, 0.15) is 42.4 Å². The van der Waals surface area contributed by atoms with Crippen molar-refractivity contribution in [3.05, 3.63) is 71.4 Å². The highest BCUT2D eigenvalue weighted by molar-refractivity contribution is 6.16. The number of methoxy groups -OCH3 is 1. The van der Waals surface area contributed by atoms with E-state index in [-0.39, 0.29) is 11.3 Å². The molecule has 1 aromatic carbocycles. The van der Waals surface area contributed by atoms with Gasteiger partial charge in [0.15, 0.2) is 22.9 Å². The quantitative estimate of drug-likeness (QED) is 0.451. The van der Waals surface area contributed by atoms with Gasteiger partial charge in [0.2, 0.25) is 5.78 Å². The molecule has 1 aliphatic heterocycles. The SMILES string of the molecule is CCN(CC)CCCN1C(=O)C(O)=C(C(=O)c2cc3cccc(OC)c3o2)[C@@H]1c1ccncc1. The number of benzene rings is 1. The van der Waals surface area contributed by atoms with E-state index in [1.165, 1.54) is 7.11 Å². The van der Waals surface area contributed by atoms with Gasteiger partial charge in [-0.25, -0.2) is 0 Å². The molecule has 1 amide bonds. The summed E-state index contributed by atoms with van der Waals surface area (Å²) >= 11 is 0. The van der Waals surface area contributed by atoms with Gasteiger partial charge in [-0.15, -0.1) is 0 Å². The van der Waals surface area contributed by atoms with E-state index in [0.717, 1.165) is 19.6 Å². The third-order valence-corrected chi connectivity index (χ3v) is 6.29. The first-order valence-corrected chi connectivity index (χ1v) is 11.5. The fraction of sp³-hybridized carbons (Fsp3) is 0.346. The number of para-hydroxylation sites is 1. The minimum absolute atomic E-state index is 0.0112. The van der Waals surface area contributed by atoms with E-state index in [0.29, 0.717) is 35.2 Å². The Balaban J connectivity index is 1.70. The molecular formula is C26H29N3O5. The monoisotopic (exact) mass is 463 g/mol. The van der Waals surface area contributed by atoms with E-state index in [1.54, 1.807) is 47.6 Å². The summed E-state index contributed by atoms with van der Waals surface area (Å²) in [5.41, 5.74) is 1.15. The fourth-order valence-corrected chi connectivity index (χ4v) is 4.45. The molecule has 0 saturated heterocycles. The van der Waals surface area contributed by atoms with Crippen LogP contribution >= 0.6 is 0 Å². The number of hydrogen-bond acceptors (Lipinski definition) is 7. The van der Waals surface area contributed by atoms with Gasteiger partial charge in [0.1, 0.15) is 0 Å². The van der Waals surface area contributed by atoms with Crippen molar-refractivity contribution in [2.24, 2.45) is 0 Å². The number of carbonyl (C=O) groups excluding carboxylic acids is 2. The highest BCUT2D eigenvalue weighted by atomic mass is 16.5. The Labute approximate surface area is 198 Å². The van der Waals surface area contributed by atoms with Gasteiger partial charge in [-0.3, -0.25) is 14.6 Å². The summed E-state index contributed by atoms with van der Waals surface area (Å²) in [5, 5.41) is 11.5. The Morgan fingerprint density at radius 1 is 1.21 bits per heavy atom. The summed E-state index contributed by atoms with van der Waals surface area (Å²) in [7, 11) is 1.53. The molecule has 178 valence electrons. The van der Waals surface area contributed by atoms with E-state index in [4.69, 9.17) is 9.15 Å². The van der Waals surface area contributed by atoms with Crippen molar-refractivity contribution in [1.82, 2.24) is 14.8 Å². The van der Waals surface area contributed by atoms with E-state index >= 15 is 0 Å². The van der Waals surface area contributed by atoms with Crippen LogP contribution in [0, 0.1) is 0 Å². The van der Waals surface area contributed by atoms with Gasteiger partial charge in [0.25, 0.3) is 5.91 Å². The Bertz CT molecular complexity index is 1210. The Kier molecular flexibility index (Phi) is 6.98. The third kappa shape index (κ3) is 4.28. The van der Waals surface area contributed by atoms with Crippen molar-refractivity contribution in [2.45, 2.75) is 26.3 Å². The molecule has 0 unspecified atom stereocenters. The number of carbonyl (C=O) groups is 2. The largest absolute Gasteiger partial charge is 0.503 e. The van der Waals surface area contributed by atoms with Gasteiger partial charge < -0.3 is 24.1 Å². The summed E-state index contributed by atoms with van der Waals surface area (Å²) in [6.07, 6.45) is 3.93. The van der Waals surface area contributed by atoms with Crippen LogP contribution in [0.3, 0.4) is 0 Å². The smallest absolute Gasteiger partial charge is 0.290 e. The normalized spacial score (nSPS) is 16.2. The summed E-state index contributed by atoms with van der Waals surface area (Å²) in [6.45, 7) is 7.24. The number of nitrogens with zero attached hydrogens (tertiary/aromatic N) is 3. The molecule has 2 aromatic heterocycles. The molecule has 0 bridgehead atoms. The first-order chi connectivity index (χ1) is 16.5. The van der Waals surface area contributed by atoms with E-state index in [1.807, 2.05) is 6.07 Å². The highest BCUT2D eigenvalue weighted by Crippen LogP contribution is 2.40. The number of hydrogen-bond donors (Lipinski definition) is 1. The molecule has 0 radical (unpaired) electrons. The number of ketones is 1. The van der Waals surface area contributed by atoms with Crippen molar-refractivity contribution in [3.63, 3.8) is 0 Å². The first-order valence-electron chi connectivity index (χ1n) is 11.5. The lowest BCUT2D eigenvalue weighted by molar-refractivity contribution is -0.129. The molecule has 34 heavy (non-hydrogen) atoms. The number of ether oxygens (including phenoxy) is 1. The van der Waals surface area contributed by atoms with Crippen LogP contribution in [0.25, 0.3) is 11.0 Å². The topological polar surface area (TPSA) is 96.1 Å². The van der Waals surface area contributed by atoms with Crippen molar-refractivity contribution in [1.29, 1.82) is 0 Å². The lowest BCUT2D eigenvalue weighted by Gasteiger charge is -2.27. The van der Waals surface area contributed by atoms with Gasteiger partial charge in [0, 0.05) is 24.3 Å². The van der Waals surface area contributed by atoms with Crippen LogP contribution in [0.5, 0.6) is 5.75 Å². The minimum Gasteiger partial charge on any atom is -0.503 e. The first kappa shape index (κ1) is 23.5. The van der Waals surface area contributed by atoms with Crippen LogP contribution in [-0.2, 0) is 4.79 Å². The fourth-order valence-electron chi connectivity index (χ4n) is 4.45. The zero-order valence-corrected chi connectivity index (χ0v) is 19.7. The van der Waals surface area contributed by atoms with Crippen molar-refractivity contribution in [2.75, 3.05) is 33.3 Å². The summed E-state index contributed by atoms with van der Waals surface area (Å²) in [4.78, 5) is 34.6. The Morgan fingerprint density at radius 3 is 2.62 bits per heavy atom. The maximum absolute atomic E-state index is 13.6. The second kappa shape index (κ2) is 10.1. The molecule has 4 rings (SSSR count). The van der Waals surface area contributed by atoms with Gasteiger partial charge in [-0.2, -0.15) is 0 Å². The van der Waals surface area contributed by atoms with E-state index < -0.39 is 23.5 Å². The summed E-state index contributed by atoms with van der Waals surface area (Å²) in [5.74, 6) is -1.09. The predicted octanol–water partition coefficient (Wildman–Crippen LogP) is 4.15. The molecule has 1 aliphatic rings. The van der Waals surface area contributed by atoms with E-state index in [9.17, 15) is 14.7 Å². The number of rotatable bonds is 10. The Morgan fingerprint density at radius 2 is 1.94 bits per heavy atom. The molecule has 0 fully saturated rings. The zero-order valence-electron chi connectivity index (χ0n) is 19.7. The van der Waals surface area contributed by atoms with Crippen molar-refractivity contribution < 1.29 is 23.8 Å². The standard InChI is InChI=1S/C26H29N3O5/c1-4-28(5-2)14-7-15-29-22(17-10-12-27-13-11-17)21(24(31)26(29)32)23(30)20-16-18-8-6-9-19(33-3)25(18)34-20/h6,8-13,16,22,31H,4-5,7,14-15H2,1-3H3/t22-/m0/s1.